The lowest BCUT2D eigenvalue weighted by atomic mass is 9.85. The zero-order chi connectivity index (χ0) is 14.4. The summed E-state index contributed by atoms with van der Waals surface area (Å²) in [7, 11) is 0. The fourth-order valence-corrected chi connectivity index (χ4v) is 2.65. The van der Waals surface area contributed by atoms with Gasteiger partial charge in [-0.05, 0) is 37.0 Å². The minimum atomic E-state index is -0.718. The molecule has 1 aromatic carbocycles. The molecule has 0 radical (unpaired) electrons. The smallest absolute Gasteiger partial charge is 0.220 e. The van der Waals surface area contributed by atoms with Gasteiger partial charge in [0.1, 0.15) is 5.82 Å². The fourth-order valence-electron chi connectivity index (χ4n) is 2.65. The van der Waals surface area contributed by atoms with Crippen LogP contribution >= 0.6 is 0 Å². The van der Waals surface area contributed by atoms with E-state index in [4.69, 9.17) is 0 Å². The number of aryl methyl sites for hydroxylation is 1. The second-order valence-electron chi connectivity index (χ2n) is 5.69. The first-order chi connectivity index (χ1) is 9.57. The van der Waals surface area contributed by atoms with Gasteiger partial charge in [-0.15, -0.1) is 0 Å². The van der Waals surface area contributed by atoms with E-state index in [1.807, 2.05) is 0 Å². The lowest BCUT2D eigenvalue weighted by Gasteiger charge is -2.32. The SMILES string of the molecule is O=C(CCc1ccc(F)cc1)NCC1(O)CCCCC1. The highest BCUT2D eigenvalue weighted by molar-refractivity contribution is 5.76. The van der Waals surface area contributed by atoms with E-state index in [-0.39, 0.29) is 11.7 Å². The van der Waals surface area contributed by atoms with E-state index in [0.29, 0.717) is 19.4 Å². The van der Waals surface area contributed by atoms with Crippen molar-refractivity contribution in [2.24, 2.45) is 0 Å². The summed E-state index contributed by atoms with van der Waals surface area (Å²) < 4.78 is 12.7. The zero-order valence-corrected chi connectivity index (χ0v) is 11.7. The van der Waals surface area contributed by atoms with Crippen molar-refractivity contribution in [1.29, 1.82) is 0 Å². The Kier molecular flexibility index (Phi) is 5.12. The quantitative estimate of drug-likeness (QED) is 0.870. The molecule has 0 heterocycles. The van der Waals surface area contributed by atoms with Crippen LogP contribution in [0.3, 0.4) is 0 Å². The first-order valence-corrected chi connectivity index (χ1v) is 7.31. The Morgan fingerprint density at radius 1 is 1.20 bits per heavy atom. The van der Waals surface area contributed by atoms with Crippen LogP contribution in [0.4, 0.5) is 4.39 Å². The number of nitrogens with one attached hydrogen (secondary N) is 1. The second kappa shape index (κ2) is 6.84. The first-order valence-electron chi connectivity index (χ1n) is 7.31. The van der Waals surface area contributed by atoms with Crippen LogP contribution in [0, 0.1) is 5.82 Å². The van der Waals surface area contributed by atoms with Crippen molar-refractivity contribution in [1.82, 2.24) is 5.32 Å². The number of amides is 1. The highest BCUT2D eigenvalue weighted by Crippen LogP contribution is 2.27. The summed E-state index contributed by atoms with van der Waals surface area (Å²) in [6.07, 6.45) is 5.72. The predicted octanol–water partition coefficient (Wildman–Crippen LogP) is 2.57. The lowest BCUT2D eigenvalue weighted by Crippen LogP contribution is -2.44. The van der Waals surface area contributed by atoms with Crippen LogP contribution in [0.1, 0.15) is 44.1 Å². The highest BCUT2D eigenvalue weighted by atomic mass is 19.1. The van der Waals surface area contributed by atoms with E-state index >= 15 is 0 Å². The van der Waals surface area contributed by atoms with Crippen LogP contribution in [0.25, 0.3) is 0 Å². The van der Waals surface area contributed by atoms with Crippen LogP contribution in [-0.2, 0) is 11.2 Å². The molecule has 0 spiro atoms. The molecule has 0 atom stereocenters. The molecule has 1 amide bonds. The molecule has 2 rings (SSSR count). The van der Waals surface area contributed by atoms with Crippen LogP contribution < -0.4 is 5.32 Å². The van der Waals surface area contributed by atoms with Crippen molar-refractivity contribution in [3.63, 3.8) is 0 Å². The Labute approximate surface area is 119 Å². The van der Waals surface area contributed by atoms with Gasteiger partial charge in [-0.25, -0.2) is 4.39 Å². The van der Waals surface area contributed by atoms with Crippen molar-refractivity contribution in [2.45, 2.75) is 50.5 Å². The van der Waals surface area contributed by atoms with Crippen LogP contribution in [0.15, 0.2) is 24.3 Å². The van der Waals surface area contributed by atoms with E-state index in [1.54, 1.807) is 12.1 Å². The normalized spacial score (nSPS) is 17.7. The van der Waals surface area contributed by atoms with Crippen LogP contribution in [0.5, 0.6) is 0 Å². The maximum atomic E-state index is 12.7. The van der Waals surface area contributed by atoms with Gasteiger partial charge >= 0.3 is 0 Å². The third kappa shape index (κ3) is 4.60. The Morgan fingerprint density at radius 3 is 2.50 bits per heavy atom. The molecule has 4 heteroatoms. The molecular weight excluding hydrogens is 257 g/mol. The van der Waals surface area contributed by atoms with Crippen molar-refractivity contribution in [3.8, 4) is 0 Å². The minimum absolute atomic E-state index is 0.0617. The topological polar surface area (TPSA) is 49.3 Å². The molecule has 0 aromatic heterocycles. The number of benzene rings is 1. The largest absolute Gasteiger partial charge is 0.388 e. The van der Waals surface area contributed by atoms with E-state index in [2.05, 4.69) is 5.32 Å². The van der Waals surface area contributed by atoms with Gasteiger partial charge in [0.2, 0.25) is 5.91 Å². The van der Waals surface area contributed by atoms with Gasteiger partial charge in [-0.3, -0.25) is 4.79 Å². The number of halogens is 1. The molecule has 110 valence electrons. The lowest BCUT2D eigenvalue weighted by molar-refractivity contribution is -0.122. The molecule has 0 saturated heterocycles. The van der Waals surface area contributed by atoms with E-state index < -0.39 is 5.60 Å². The Morgan fingerprint density at radius 2 is 1.85 bits per heavy atom. The summed E-state index contributed by atoms with van der Waals surface area (Å²) in [5, 5.41) is 13.1. The summed E-state index contributed by atoms with van der Waals surface area (Å²) in [4.78, 5) is 11.8. The first kappa shape index (κ1) is 15.0. The van der Waals surface area contributed by atoms with Crippen molar-refractivity contribution in [3.05, 3.63) is 35.6 Å². The average molecular weight is 279 g/mol. The number of rotatable bonds is 5. The molecule has 1 saturated carbocycles. The third-order valence-electron chi connectivity index (χ3n) is 3.95. The maximum Gasteiger partial charge on any atom is 0.220 e. The number of carbonyl (C=O) groups excluding carboxylic acids is 1. The van der Waals surface area contributed by atoms with Gasteiger partial charge < -0.3 is 10.4 Å². The molecule has 0 bridgehead atoms. The minimum Gasteiger partial charge on any atom is -0.388 e. The summed E-state index contributed by atoms with van der Waals surface area (Å²) in [5.41, 5.74) is 0.224. The van der Waals surface area contributed by atoms with Gasteiger partial charge in [0, 0.05) is 13.0 Å². The van der Waals surface area contributed by atoms with Crippen LogP contribution in [0.2, 0.25) is 0 Å². The molecule has 20 heavy (non-hydrogen) atoms. The summed E-state index contributed by atoms with van der Waals surface area (Å²) in [5.74, 6) is -0.328. The van der Waals surface area contributed by atoms with Gasteiger partial charge in [-0.2, -0.15) is 0 Å². The molecular formula is C16H22FNO2. The molecule has 3 nitrogen and oxygen atoms in total. The molecule has 0 aliphatic heterocycles. The predicted molar refractivity (Wildman–Crippen MR) is 75.8 cm³/mol. The number of hydrogen-bond acceptors (Lipinski definition) is 2. The fraction of sp³-hybridized carbons (Fsp3) is 0.562. The van der Waals surface area contributed by atoms with Crippen molar-refractivity contribution in [2.75, 3.05) is 6.54 Å². The standard InChI is InChI=1S/C16H22FNO2/c17-14-7-4-13(5-8-14)6-9-15(19)18-12-16(20)10-2-1-3-11-16/h4-5,7-8,20H,1-3,6,9-12H2,(H,18,19). The molecule has 1 fully saturated rings. The highest BCUT2D eigenvalue weighted by Gasteiger charge is 2.29. The molecule has 0 unspecified atom stereocenters. The Hall–Kier alpha value is -1.42. The maximum absolute atomic E-state index is 12.7. The number of hydrogen-bond donors (Lipinski definition) is 2. The van der Waals surface area contributed by atoms with Gasteiger partial charge in [0.05, 0.1) is 5.60 Å². The number of aliphatic hydroxyl groups is 1. The second-order valence-corrected chi connectivity index (χ2v) is 5.69. The number of carbonyl (C=O) groups is 1. The molecule has 2 N–H and O–H groups in total. The Balaban J connectivity index is 1.71. The summed E-state index contributed by atoms with van der Waals surface area (Å²) >= 11 is 0. The average Bonchev–Trinajstić information content (AvgIpc) is 2.45. The third-order valence-corrected chi connectivity index (χ3v) is 3.95. The van der Waals surface area contributed by atoms with E-state index in [1.165, 1.54) is 18.6 Å². The van der Waals surface area contributed by atoms with Gasteiger partial charge in [0.25, 0.3) is 0 Å². The van der Waals surface area contributed by atoms with Gasteiger partial charge in [-0.1, -0.05) is 31.4 Å². The van der Waals surface area contributed by atoms with Crippen LogP contribution in [-0.4, -0.2) is 23.2 Å². The van der Waals surface area contributed by atoms with E-state index in [0.717, 1.165) is 31.2 Å². The monoisotopic (exact) mass is 279 g/mol. The Bertz CT molecular complexity index is 438. The molecule has 1 aromatic rings. The molecule has 1 aliphatic carbocycles. The summed E-state index contributed by atoms with van der Waals surface area (Å²) in [6.45, 7) is 0.343. The van der Waals surface area contributed by atoms with Crippen molar-refractivity contribution >= 4 is 5.91 Å². The summed E-state index contributed by atoms with van der Waals surface area (Å²) in [6, 6.07) is 6.19. The van der Waals surface area contributed by atoms with Crippen molar-refractivity contribution < 1.29 is 14.3 Å². The van der Waals surface area contributed by atoms with E-state index in [9.17, 15) is 14.3 Å². The van der Waals surface area contributed by atoms with Gasteiger partial charge in [0.15, 0.2) is 0 Å². The molecule has 1 aliphatic rings. The zero-order valence-electron chi connectivity index (χ0n) is 11.7.